The van der Waals surface area contributed by atoms with Crippen molar-refractivity contribution in [3.05, 3.63) is 107 Å². The zero-order valence-corrected chi connectivity index (χ0v) is 37.3. The topological polar surface area (TPSA) is 9.49 Å². The third-order valence-electron chi connectivity index (χ3n) is 11.1. The molecule has 53 heavy (non-hydrogen) atoms. The highest BCUT2D eigenvalue weighted by molar-refractivity contribution is 8.03. The van der Waals surface area contributed by atoms with E-state index in [9.17, 15) is 0 Å². The average molecular weight is 789 g/mol. The van der Waals surface area contributed by atoms with Gasteiger partial charge in [-0.1, -0.05) is 90.1 Å². The maximum atomic E-state index is 2.80. The minimum atomic E-state index is -0.0335. The number of hydrogen-bond acceptors (Lipinski definition) is 6. The number of fused-ring (bicyclic) bond motifs is 2. The van der Waals surface area contributed by atoms with Crippen molar-refractivity contribution in [1.29, 1.82) is 0 Å². The van der Waals surface area contributed by atoms with Crippen molar-refractivity contribution in [3.8, 4) is 0 Å². The SMILES string of the molecule is CCSCCSCC[N+](CCSCCSCC)=C1/C(=C/C=C2/N(CC)c3ccccc3C2(C)C)CCC/C1=C\C=C1\N(CC)c2ccccc2C1(C)C. The number of para-hydroxylation sites is 2. The minimum Gasteiger partial charge on any atom is -0.344 e. The second kappa shape index (κ2) is 20.3. The molecule has 2 aromatic rings. The van der Waals surface area contributed by atoms with Gasteiger partial charge in [0.25, 0.3) is 0 Å². The number of anilines is 2. The van der Waals surface area contributed by atoms with Crippen LogP contribution in [0.1, 0.15) is 85.8 Å². The molecule has 0 amide bonds. The Kier molecular flexibility index (Phi) is 16.2. The van der Waals surface area contributed by atoms with Crippen LogP contribution in [0.15, 0.2) is 95.4 Å². The van der Waals surface area contributed by atoms with Crippen LogP contribution in [-0.2, 0) is 10.8 Å². The second-order valence-corrected chi connectivity index (χ2v) is 20.3. The highest BCUT2D eigenvalue weighted by atomic mass is 32.2. The summed E-state index contributed by atoms with van der Waals surface area (Å²) in [5.41, 5.74) is 12.9. The highest BCUT2D eigenvalue weighted by Gasteiger charge is 2.40. The molecular formula is C46H66N3S4+. The Bertz CT molecular complexity index is 1560. The number of thioether (sulfide) groups is 4. The van der Waals surface area contributed by atoms with Gasteiger partial charge in [-0.3, -0.25) is 0 Å². The summed E-state index contributed by atoms with van der Waals surface area (Å²) in [7, 11) is 0. The third kappa shape index (κ3) is 9.91. The van der Waals surface area contributed by atoms with Gasteiger partial charge in [-0.25, -0.2) is 4.58 Å². The number of rotatable bonds is 18. The molecule has 0 unspecified atom stereocenters. The molecule has 0 radical (unpaired) electrons. The van der Waals surface area contributed by atoms with E-state index in [1.54, 1.807) is 0 Å². The Morgan fingerprint density at radius 1 is 0.566 bits per heavy atom. The van der Waals surface area contributed by atoms with E-state index in [1.807, 2.05) is 0 Å². The van der Waals surface area contributed by atoms with Gasteiger partial charge in [0.2, 0.25) is 5.71 Å². The number of hydrogen-bond donors (Lipinski definition) is 0. The molecule has 0 spiro atoms. The van der Waals surface area contributed by atoms with Gasteiger partial charge in [0.15, 0.2) is 13.1 Å². The van der Waals surface area contributed by atoms with Crippen LogP contribution in [-0.4, -0.2) is 82.5 Å². The maximum Gasteiger partial charge on any atom is 0.206 e. The van der Waals surface area contributed by atoms with E-state index < -0.39 is 0 Å². The van der Waals surface area contributed by atoms with Crippen LogP contribution in [0.4, 0.5) is 11.4 Å². The molecule has 1 saturated carbocycles. The van der Waals surface area contributed by atoms with Crippen molar-refractivity contribution < 1.29 is 4.58 Å². The van der Waals surface area contributed by atoms with Gasteiger partial charge in [-0.15, -0.1) is 0 Å². The maximum absolute atomic E-state index is 2.80. The molecular weight excluding hydrogens is 723 g/mol. The Morgan fingerprint density at radius 3 is 1.40 bits per heavy atom. The molecule has 1 fully saturated rings. The van der Waals surface area contributed by atoms with Crippen LogP contribution in [0.25, 0.3) is 0 Å². The normalized spacial score (nSPS) is 20.6. The van der Waals surface area contributed by atoms with E-state index in [1.165, 1.54) is 103 Å². The monoisotopic (exact) mass is 788 g/mol. The van der Waals surface area contributed by atoms with Crippen molar-refractivity contribution in [2.75, 3.05) is 82.0 Å². The van der Waals surface area contributed by atoms with E-state index in [4.69, 9.17) is 0 Å². The molecule has 7 heteroatoms. The van der Waals surface area contributed by atoms with E-state index in [0.717, 1.165) is 39.0 Å². The first-order valence-electron chi connectivity index (χ1n) is 20.2. The van der Waals surface area contributed by atoms with E-state index in [-0.39, 0.29) is 10.8 Å². The zero-order chi connectivity index (χ0) is 37.8. The lowest BCUT2D eigenvalue weighted by molar-refractivity contribution is -0.517. The lowest BCUT2D eigenvalue weighted by Crippen LogP contribution is -2.31. The smallest absolute Gasteiger partial charge is 0.206 e. The molecule has 0 saturated heterocycles. The Morgan fingerprint density at radius 2 is 0.981 bits per heavy atom. The van der Waals surface area contributed by atoms with Gasteiger partial charge in [0.05, 0.1) is 11.5 Å². The van der Waals surface area contributed by atoms with Gasteiger partial charge < -0.3 is 9.80 Å². The van der Waals surface area contributed by atoms with Crippen molar-refractivity contribution in [2.45, 2.75) is 85.5 Å². The molecule has 2 aromatic carbocycles. The van der Waals surface area contributed by atoms with Crippen molar-refractivity contribution in [2.24, 2.45) is 0 Å². The summed E-state index contributed by atoms with van der Waals surface area (Å²) >= 11 is 8.40. The first-order valence-corrected chi connectivity index (χ1v) is 24.8. The van der Waals surface area contributed by atoms with Crippen LogP contribution in [0.2, 0.25) is 0 Å². The molecule has 1 aliphatic carbocycles. The van der Waals surface area contributed by atoms with Gasteiger partial charge in [0.1, 0.15) is 0 Å². The molecule has 0 bridgehead atoms. The summed E-state index contributed by atoms with van der Waals surface area (Å²) in [6, 6.07) is 18.1. The first-order chi connectivity index (χ1) is 25.7. The summed E-state index contributed by atoms with van der Waals surface area (Å²) in [5.74, 6) is 9.73. The average Bonchev–Trinajstić information content (AvgIpc) is 3.52. The largest absolute Gasteiger partial charge is 0.344 e. The van der Waals surface area contributed by atoms with Crippen molar-refractivity contribution in [3.63, 3.8) is 0 Å². The Labute approximate surface area is 340 Å². The fraction of sp³-hybridized carbons (Fsp3) is 0.543. The Hall–Kier alpha value is -1.93. The quantitative estimate of drug-likeness (QED) is 0.109. The molecule has 2 aliphatic heterocycles. The third-order valence-corrected chi connectivity index (χ3v) is 15.3. The molecule has 0 N–H and O–H groups in total. The first kappa shape index (κ1) is 42.2. The number of benzene rings is 2. The minimum absolute atomic E-state index is 0.0335. The van der Waals surface area contributed by atoms with Gasteiger partial charge in [-0.2, -0.15) is 47.0 Å². The molecule has 288 valence electrons. The van der Waals surface area contributed by atoms with Crippen LogP contribution < -0.4 is 9.80 Å². The second-order valence-electron chi connectivity index (χ2n) is 15.1. The molecule has 3 aliphatic rings. The lowest BCUT2D eigenvalue weighted by Gasteiger charge is -2.27. The highest BCUT2D eigenvalue weighted by Crippen LogP contribution is 2.49. The Balaban J connectivity index is 1.59. The summed E-state index contributed by atoms with van der Waals surface area (Å²) < 4.78 is 2.80. The van der Waals surface area contributed by atoms with E-state index in [2.05, 4.69) is 190 Å². The molecule has 0 atom stereocenters. The molecule has 5 rings (SSSR count). The van der Waals surface area contributed by atoms with Crippen LogP contribution in [0.3, 0.4) is 0 Å². The van der Waals surface area contributed by atoms with Crippen LogP contribution >= 0.6 is 47.0 Å². The fourth-order valence-electron chi connectivity index (χ4n) is 8.38. The lowest BCUT2D eigenvalue weighted by atomic mass is 9.82. The predicted molar refractivity (Wildman–Crippen MR) is 247 cm³/mol. The zero-order valence-electron chi connectivity index (χ0n) is 34.0. The summed E-state index contributed by atoms with van der Waals surface area (Å²) in [6.45, 7) is 22.9. The van der Waals surface area contributed by atoms with E-state index >= 15 is 0 Å². The van der Waals surface area contributed by atoms with Gasteiger partial charge >= 0.3 is 0 Å². The van der Waals surface area contributed by atoms with Crippen LogP contribution in [0.5, 0.6) is 0 Å². The summed E-state index contributed by atoms with van der Waals surface area (Å²) in [6.07, 6.45) is 13.5. The molecule has 3 nitrogen and oxygen atoms in total. The molecule has 2 heterocycles. The standard InChI is InChI=1S/C46H66N3S4/c1-9-48-40-22-15-13-20-38(40)45(5,6)42(48)26-24-36-18-17-19-37(25-27-43-46(7,8)39-21-14-16-23-41(39)49(43)10-2)44(36)47(28-30-52-34-32-50-11-3)29-31-53-35-33-51-12-4/h13-16,20-27H,9-12,17-19,28-35H2,1-8H3/q+1. The summed E-state index contributed by atoms with van der Waals surface area (Å²) in [5, 5.41) is 0. The predicted octanol–water partition coefficient (Wildman–Crippen LogP) is 11.9. The van der Waals surface area contributed by atoms with Crippen molar-refractivity contribution >= 4 is 64.1 Å². The van der Waals surface area contributed by atoms with E-state index in [0.29, 0.717) is 0 Å². The van der Waals surface area contributed by atoms with Gasteiger partial charge in [0, 0.05) is 80.8 Å². The van der Waals surface area contributed by atoms with Gasteiger partial charge in [-0.05, 0) is 80.0 Å². The molecule has 0 aromatic heterocycles. The number of likely N-dealkylation sites (N-methyl/N-ethyl adjacent to an activating group) is 2. The number of allylic oxidation sites excluding steroid dienone is 8. The van der Waals surface area contributed by atoms with Crippen molar-refractivity contribution in [1.82, 2.24) is 0 Å². The summed E-state index contributed by atoms with van der Waals surface area (Å²) in [4.78, 5) is 5.09. The number of nitrogens with zero attached hydrogens (tertiary/aromatic N) is 3. The fourth-order valence-corrected chi connectivity index (χ4v) is 11.9. The van der Waals surface area contributed by atoms with Crippen LogP contribution in [0, 0.1) is 0 Å².